The predicted molar refractivity (Wildman–Crippen MR) is 79.9 cm³/mol. The number of ether oxygens (including phenoxy) is 1. The van der Waals surface area contributed by atoms with Crippen molar-refractivity contribution in [3.63, 3.8) is 0 Å². The van der Waals surface area contributed by atoms with Crippen molar-refractivity contribution < 1.29 is 9.53 Å². The molecule has 4 nitrogen and oxygen atoms in total. The third kappa shape index (κ3) is 2.04. The van der Waals surface area contributed by atoms with E-state index in [9.17, 15) is 4.79 Å². The number of amides is 1. The summed E-state index contributed by atoms with van der Waals surface area (Å²) in [6.07, 6.45) is 6.80. The highest BCUT2D eigenvalue weighted by Gasteiger charge is 2.60. The van der Waals surface area contributed by atoms with Crippen LogP contribution in [0.1, 0.15) is 50.3 Å². The standard InChI is InChI=1S/C17H22N2O2/c1-21-14-8-6-12(7-9-14)15-18-17(10-11-17)16(20)19(15)13-4-2-3-5-13/h6-9,13,15,18H,2-5,10-11H2,1H3. The molecule has 1 saturated heterocycles. The van der Waals surface area contributed by atoms with Crippen molar-refractivity contribution in [3.8, 4) is 5.75 Å². The maximum atomic E-state index is 12.8. The van der Waals surface area contributed by atoms with Gasteiger partial charge >= 0.3 is 0 Å². The first-order valence-corrected chi connectivity index (χ1v) is 7.98. The molecule has 1 unspecified atom stereocenters. The molecule has 2 aliphatic carbocycles. The molecule has 112 valence electrons. The smallest absolute Gasteiger partial charge is 0.244 e. The van der Waals surface area contributed by atoms with Crippen LogP contribution in [0.2, 0.25) is 0 Å². The normalized spacial score (nSPS) is 27.6. The zero-order valence-corrected chi connectivity index (χ0v) is 12.5. The number of rotatable bonds is 3. The second-order valence-electron chi connectivity index (χ2n) is 6.55. The molecule has 2 saturated carbocycles. The van der Waals surface area contributed by atoms with Gasteiger partial charge in [0.1, 0.15) is 17.5 Å². The lowest BCUT2D eigenvalue weighted by Crippen LogP contribution is -2.39. The van der Waals surface area contributed by atoms with E-state index in [2.05, 4.69) is 22.3 Å². The van der Waals surface area contributed by atoms with E-state index < -0.39 is 0 Å². The maximum absolute atomic E-state index is 12.8. The van der Waals surface area contributed by atoms with Gasteiger partial charge in [-0.15, -0.1) is 0 Å². The van der Waals surface area contributed by atoms with Crippen molar-refractivity contribution in [3.05, 3.63) is 29.8 Å². The van der Waals surface area contributed by atoms with Crippen LogP contribution in [0.3, 0.4) is 0 Å². The number of carbonyl (C=O) groups excluding carboxylic acids is 1. The predicted octanol–water partition coefficient (Wildman–Crippen LogP) is 2.60. The summed E-state index contributed by atoms with van der Waals surface area (Å²) < 4.78 is 5.23. The van der Waals surface area contributed by atoms with Gasteiger partial charge in [-0.25, -0.2) is 0 Å². The molecule has 21 heavy (non-hydrogen) atoms. The summed E-state index contributed by atoms with van der Waals surface area (Å²) in [6.45, 7) is 0. The van der Waals surface area contributed by atoms with E-state index in [1.165, 1.54) is 18.4 Å². The Morgan fingerprint density at radius 2 is 1.86 bits per heavy atom. The molecule has 4 rings (SSSR count). The van der Waals surface area contributed by atoms with Gasteiger partial charge in [0.25, 0.3) is 0 Å². The Bertz CT molecular complexity index is 544. The van der Waals surface area contributed by atoms with Crippen LogP contribution >= 0.6 is 0 Å². The lowest BCUT2D eigenvalue weighted by atomic mass is 10.1. The lowest BCUT2D eigenvalue weighted by Gasteiger charge is -2.30. The van der Waals surface area contributed by atoms with Crippen molar-refractivity contribution in [1.82, 2.24) is 10.2 Å². The van der Waals surface area contributed by atoms with Gasteiger partial charge < -0.3 is 9.64 Å². The largest absolute Gasteiger partial charge is 0.497 e. The Labute approximate surface area is 125 Å². The molecule has 1 amide bonds. The molecule has 0 aromatic heterocycles. The van der Waals surface area contributed by atoms with E-state index in [1.54, 1.807) is 7.11 Å². The highest BCUT2D eigenvalue weighted by atomic mass is 16.5. The number of methoxy groups -OCH3 is 1. The van der Waals surface area contributed by atoms with Gasteiger partial charge in [-0.3, -0.25) is 10.1 Å². The zero-order chi connectivity index (χ0) is 14.4. The fourth-order valence-corrected chi connectivity index (χ4v) is 3.83. The highest BCUT2D eigenvalue weighted by molar-refractivity contribution is 5.92. The van der Waals surface area contributed by atoms with Gasteiger partial charge in [0.05, 0.1) is 7.11 Å². The minimum Gasteiger partial charge on any atom is -0.497 e. The summed E-state index contributed by atoms with van der Waals surface area (Å²) in [5.41, 5.74) is 0.924. The van der Waals surface area contributed by atoms with Gasteiger partial charge in [-0.1, -0.05) is 25.0 Å². The monoisotopic (exact) mass is 286 g/mol. The quantitative estimate of drug-likeness (QED) is 0.928. The van der Waals surface area contributed by atoms with Crippen molar-refractivity contribution >= 4 is 5.91 Å². The summed E-state index contributed by atoms with van der Waals surface area (Å²) in [5, 5.41) is 3.61. The molecular formula is C17H22N2O2. The SMILES string of the molecule is COc1ccc(C2NC3(CC3)C(=O)N2C2CCCC2)cc1. The average molecular weight is 286 g/mol. The van der Waals surface area contributed by atoms with Crippen molar-refractivity contribution in [2.75, 3.05) is 7.11 Å². The molecule has 0 radical (unpaired) electrons. The minimum atomic E-state index is -0.243. The van der Waals surface area contributed by atoms with E-state index >= 15 is 0 Å². The molecule has 0 bridgehead atoms. The number of benzene rings is 1. The third-order valence-electron chi connectivity index (χ3n) is 5.23. The Balaban J connectivity index is 1.65. The van der Waals surface area contributed by atoms with Crippen LogP contribution in [-0.2, 0) is 4.79 Å². The van der Waals surface area contributed by atoms with Gasteiger partial charge in [0, 0.05) is 6.04 Å². The first kappa shape index (κ1) is 13.1. The Morgan fingerprint density at radius 1 is 1.19 bits per heavy atom. The molecule has 1 aromatic rings. The third-order valence-corrected chi connectivity index (χ3v) is 5.23. The number of nitrogens with one attached hydrogen (secondary N) is 1. The van der Waals surface area contributed by atoms with Gasteiger partial charge in [0.15, 0.2) is 0 Å². The van der Waals surface area contributed by atoms with Crippen LogP contribution in [0.25, 0.3) is 0 Å². The Kier molecular flexibility index (Phi) is 2.96. The summed E-state index contributed by atoms with van der Waals surface area (Å²) in [4.78, 5) is 15.0. The van der Waals surface area contributed by atoms with E-state index in [0.29, 0.717) is 11.9 Å². The number of hydrogen-bond donors (Lipinski definition) is 1. The van der Waals surface area contributed by atoms with Crippen LogP contribution in [0.4, 0.5) is 0 Å². The van der Waals surface area contributed by atoms with Crippen LogP contribution in [0.5, 0.6) is 5.75 Å². The van der Waals surface area contributed by atoms with E-state index in [0.717, 1.165) is 31.4 Å². The fraction of sp³-hybridized carbons (Fsp3) is 0.588. The average Bonchev–Trinajstić information content (AvgIpc) is 2.99. The second-order valence-corrected chi connectivity index (χ2v) is 6.55. The van der Waals surface area contributed by atoms with Gasteiger partial charge in [-0.05, 0) is 43.4 Å². The Morgan fingerprint density at radius 3 is 2.43 bits per heavy atom. The van der Waals surface area contributed by atoms with Crippen LogP contribution < -0.4 is 10.1 Å². The van der Waals surface area contributed by atoms with Crippen LogP contribution in [-0.4, -0.2) is 29.5 Å². The molecule has 1 aliphatic heterocycles. The minimum absolute atomic E-state index is 0.0361. The summed E-state index contributed by atoms with van der Waals surface area (Å²) in [5.74, 6) is 1.19. The molecule has 1 spiro atoms. The van der Waals surface area contributed by atoms with Crippen LogP contribution in [0, 0.1) is 0 Å². The summed E-state index contributed by atoms with van der Waals surface area (Å²) >= 11 is 0. The van der Waals surface area contributed by atoms with E-state index in [1.807, 2.05) is 12.1 Å². The fourth-order valence-electron chi connectivity index (χ4n) is 3.83. The Hall–Kier alpha value is -1.55. The summed E-state index contributed by atoms with van der Waals surface area (Å²) in [6, 6.07) is 8.52. The molecule has 1 heterocycles. The molecule has 3 fully saturated rings. The topological polar surface area (TPSA) is 41.6 Å². The van der Waals surface area contributed by atoms with Crippen molar-refractivity contribution in [2.45, 2.75) is 56.3 Å². The second kappa shape index (κ2) is 4.73. The molecular weight excluding hydrogens is 264 g/mol. The molecule has 4 heteroatoms. The first-order chi connectivity index (χ1) is 10.2. The molecule has 1 N–H and O–H groups in total. The number of nitrogens with zero attached hydrogens (tertiary/aromatic N) is 1. The van der Waals surface area contributed by atoms with Crippen molar-refractivity contribution in [2.24, 2.45) is 0 Å². The number of carbonyl (C=O) groups is 1. The van der Waals surface area contributed by atoms with E-state index in [4.69, 9.17) is 4.74 Å². The van der Waals surface area contributed by atoms with Gasteiger partial charge in [0.2, 0.25) is 5.91 Å². The first-order valence-electron chi connectivity index (χ1n) is 7.98. The molecule has 3 aliphatic rings. The lowest BCUT2D eigenvalue weighted by molar-refractivity contribution is -0.133. The maximum Gasteiger partial charge on any atom is 0.244 e. The van der Waals surface area contributed by atoms with E-state index in [-0.39, 0.29) is 11.7 Å². The van der Waals surface area contributed by atoms with Crippen LogP contribution in [0.15, 0.2) is 24.3 Å². The molecule has 1 aromatic carbocycles. The summed E-state index contributed by atoms with van der Waals surface area (Å²) in [7, 11) is 1.68. The van der Waals surface area contributed by atoms with Gasteiger partial charge in [-0.2, -0.15) is 0 Å². The zero-order valence-electron chi connectivity index (χ0n) is 12.5. The van der Waals surface area contributed by atoms with Crippen molar-refractivity contribution in [1.29, 1.82) is 0 Å². The molecule has 1 atom stereocenters. The highest BCUT2D eigenvalue weighted by Crippen LogP contribution is 2.48. The number of hydrogen-bond acceptors (Lipinski definition) is 3.